The number of rotatable bonds is 4. The lowest BCUT2D eigenvalue weighted by molar-refractivity contribution is 0.194. The summed E-state index contributed by atoms with van der Waals surface area (Å²) < 4.78 is 14.0. The molecular formula is C17H27FN2. The van der Waals surface area contributed by atoms with Gasteiger partial charge in [-0.1, -0.05) is 26.0 Å². The zero-order valence-corrected chi connectivity index (χ0v) is 12.9. The largest absolute Gasteiger partial charge is 0.365 e. The van der Waals surface area contributed by atoms with E-state index in [1.807, 2.05) is 19.2 Å². The summed E-state index contributed by atoms with van der Waals surface area (Å²) in [6.45, 7) is 5.17. The normalized spacial score (nSPS) is 26.8. The third kappa shape index (κ3) is 2.83. The van der Waals surface area contributed by atoms with E-state index in [0.717, 1.165) is 24.7 Å². The van der Waals surface area contributed by atoms with Crippen LogP contribution in [-0.2, 0) is 0 Å². The van der Waals surface area contributed by atoms with E-state index in [1.165, 1.54) is 18.9 Å². The quantitative estimate of drug-likeness (QED) is 0.907. The Bertz CT molecular complexity index is 436. The summed E-state index contributed by atoms with van der Waals surface area (Å²) in [5.74, 6) is 1.35. The molecule has 112 valence electrons. The van der Waals surface area contributed by atoms with Crippen LogP contribution < -0.4 is 10.6 Å². The molecule has 1 aromatic rings. The van der Waals surface area contributed by atoms with E-state index < -0.39 is 0 Å². The Kier molecular flexibility index (Phi) is 4.69. The van der Waals surface area contributed by atoms with Gasteiger partial charge in [0, 0.05) is 13.6 Å². The topological polar surface area (TPSA) is 29.3 Å². The van der Waals surface area contributed by atoms with E-state index in [-0.39, 0.29) is 11.4 Å². The number of benzene rings is 1. The maximum Gasteiger partial charge on any atom is 0.146 e. The molecule has 0 atom stereocenters. The molecule has 0 bridgehead atoms. The number of hydrogen-bond acceptors (Lipinski definition) is 2. The van der Waals surface area contributed by atoms with Crippen LogP contribution in [-0.4, -0.2) is 19.1 Å². The minimum absolute atomic E-state index is 0.0897. The highest BCUT2D eigenvalue weighted by Gasteiger charge is 2.39. The predicted molar refractivity (Wildman–Crippen MR) is 83.4 cm³/mol. The van der Waals surface area contributed by atoms with Crippen molar-refractivity contribution >= 4 is 5.69 Å². The minimum Gasteiger partial charge on any atom is -0.365 e. The first-order valence-electron chi connectivity index (χ1n) is 7.68. The van der Waals surface area contributed by atoms with E-state index in [9.17, 15) is 4.39 Å². The van der Waals surface area contributed by atoms with Crippen LogP contribution in [0.2, 0.25) is 0 Å². The lowest BCUT2D eigenvalue weighted by Crippen LogP contribution is -2.55. The summed E-state index contributed by atoms with van der Waals surface area (Å²) in [6, 6.07) is 6.99. The number of halogens is 1. The van der Waals surface area contributed by atoms with Gasteiger partial charge in [-0.2, -0.15) is 0 Å². The third-order valence-corrected chi connectivity index (χ3v) is 5.21. The molecule has 2 nitrogen and oxygen atoms in total. The Morgan fingerprint density at radius 3 is 2.40 bits per heavy atom. The fourth-order valence-electron chi connectivity index (χ4n) is 3.50. The highest BCUT2D eigenvalue weighted by Crippen LogP contribution is 2.40. The predicted octanol–water partition coefficient (Wildman–Crippen LogP) is 3.81. The summed E-state index contributed by atoms with van der Waals surface area (Å²) in [6.07, 6.45) is 4.48. The molecule has 2 N–H and O–H groups in total. The number of likely N-dealkylation sites (N-methyl/N-ethyl adjacent to an activating group) is 1. The minimum atomic E-state index is -0.159. The van der Waals surface area contributed by atoms with Gasteiger partial charge in [-0.05, 0) is 49.7 Å². The van der Waals surface area contributed by atoms with E-state index in [1.54, 1.807) is 6.07 Å². The Balaban J connectivity index is 2.18. The molecule has 0 spiro atoms. The number of nitrogens with zero attached hydrogens (tertiary/aromatic N) is 1. The van der Waals surface area contributed by atoms with Crippen LogP contribution in [0.25, 0.3) is 0 Å². The van der Waals surface area contributed by atoms with Crippen molar-refractivity contribution in [1.82, 2.24) is 0 Å². The summed E-state index contributed by atoms with van der Waals surface area (Å²) in [5, 5.41) is 0. The van der Waals surface area contributed by atoms with Crippen molar-refractivity contribution in [1.29, 1.82) is 0 Å². The highest BCUT2D eigenvalue weighted by molar-refractivity contribution is 5.49. The van der Waals surface area contributed by atoms with Gasteiger partial charge in [-0.15, -0.1) is 0 Å². The molecule has 1 aliphatic carbocycles. The van der Waals surface area contributed by atoms with Crippen LogP contribution >= 0.6 is 0 Å². The summed E-state index contributed by atoms with van der Waals surface area (Å²) >= 11 is 0. The molecule has 20 heavy (non-hydrogen) atoms. The second-order valence-corrected chi connectivity index (χ2v) is 6.52. The van der Waals surface area contributed by atoms with Gasteiger partial charge in [-0.3, -0.25) is 0 Å². The molecule has 0 aliphatic heterocycles. The zero-order chi connectivity index (χ0) is 14.8. The SMILES string of the molecule is CC(C)C1CCC(CN)(N(C)c2ccccc2F)CC1. The Hall–Kier alpha value is -1.09. The van der Waals surface area contributed by atoms with Gasteiger partial charge >= 0.3 is 0 Å². The summed E-state index contributed by atoms with van der Waals surface area (Å²) in [5.41, 5.74) is 6.66. The van der Waals surface area contributed by atoms with Crippen LogP contribution in [0.4, 0.5) is 10.1 Å². The van der Waals surface area contributed by atoms with Gasteiger partial charge in [0.1, 0.15) is 5.82 Å². The van der Waals surface area contributed by atoms with Gasteiger partial charge in [0.25, 0.3) is 0 Å². The Labute approximate surface area is 122 Å². The number of para-hydroxylation sites is 1. The fourth-order valence-corrected chi connectivity index (χ4v) is 3.50. The zero-order valence-electron chi connectivity index (χ0n) is 12.9. The lowest BCUT2D eigenvalue weighted by atomic mass is 9.72. The molecule has 0 aromatic heterocycles. The molecule has 0 unspecified atom stereocenters. The first kappa shape index (κ1) is 15.3. The second-order valence-electron chi connectivity index (χ2n) is 6.52. The lowest BCUT2D eigenvalue weighted by Gasteiger charge is -2.47. The van der Waals surface area contributed by atoms with Gasteiger partial charge in [0.2, 0.25) is 0 Å². The molecule has 0 amide bonds. The van der Waals surface area contributed by atoms with Gasteiger partial charge in [0.05, 0.1) is 11.2 Å². The molecule has 3 heteroatoms. The molecular weight excluding hydrogens is 251 g/mol. The summed E-state index contributed by atoms with van der Waals surface area (Å²) in [4.78, 5) is 2.08. The number of hydrogen-bond donors (Lipinski definition) is 1. The van der Waals surface area contributed by atoms with Crippen molar-refractivity contribution in [2.24, 2.45) is 17.6 Å². The molecule has 0 saturated heterocycles. The van der Waals surface area contributed by atoms with E-state index in [0.29, 0.717) is 12.2 Å². The first-order valence-corrected chi connectivity index (χ1v) is 7.68. The van der Waals surface area contributed by atoms with Crippen LogP contribution in [0.3, 0.4) is 0 Å². The van der Waals surface area contributed by atoms with E-state index in [4.69, 9.17) is 5.73 Å². The maximum atomic E-state index is 14.0. The fraction of sp³-hybridized carbons (Fsp3) is 0.647. The van der Waals surface area contributed by atoms with Crippen LogP contribution in [0.1, 0.15) is 39.5 Å². The maximum absolute atomic E-state index is 14.0. The Morgan fingerprint density at radius 2 is 1.90 bits per heavy atom. The molecule has 1 saturated carbocycles. The van der Waals surface area contributed by atoms with Crippen molar-refractivity contribution < 1.29 is 4.39 Å². The van der Waals surface area contributed by atoms with E-state index >= 15 is 0 Å². The van der Waals surface area contributed by atoms with Crippen molar-refractivity contribution in [2.45, 2.75) is 45.1 Å². The number of anilines is 1. The van der Waals surface area contributed by atoms with Gasteiger partial charge < -0.3 is 10.6 Å². The van der Waals surface area contributed by atoms with Crippen LogP contribution in [0.15, 0.2) is 24.3 Å². The molecule has 2 rings (SSSR count). The average Bonchev–Trinajstić information content (AvgIpc) is 2.47. The van der Waals surface area contributed by atoms with Crippen molar-refractivity contribution in [3.8, 4) is 0 Å². The van der Waals surface area contributed by atoms with Crippen molar-refractivity contribution in [3.63, 3.8) is 0 Å². The van der Waals surface area contributed by atoms with Gasteiger partial charge in [0.15, 0.2) is 0 Å². The standard InChI is InChI=1S/C17H27FN2/c1-13(2)14-8-10-17(12-19,11-9-14)20(3)16-7-5-4-6-15(16)18/h4-7,13-14H,8-12,19H2,1-3H3. The molecule has 1 aliphatic rings. The Morgan fingerprint density at radius 1 is 1.30 bits per heavy atom. The van der Waals surface area contributed by atoms with E-state index in [2.05, 4.69) is 18.7 Å². The van der Waals surface area contributed by atoms with Gasteiger partial charge in [-0.25, -0.2) is 4.39 Å². The van der Waals surface area contributed by atoms with Crippen molar-refractivity contribution in [2.75, 3.05) is 18.5 Å². The molecule has 1 aromatic carbocycles. The molecule has 0 radical (unpaired) electrons. The first-order chi connectivity index (χ1) is 9.50. The molecule has 0 heterocycles. The monoisotopic (exact) mass is 278 g/mol. The third-order valence-electron chi connectivity index (χ3n) is 5.21. The molecule has 1 fully saturated rings. The van der Waals surface area contributed by atoms with Crippen LogP contribution in [0.5, 0.6) is 0 Å². The van der Waals surface area contributed by atoms with Crippen molar-refractivity contribution in [3.05, 3.63) is 30.1 Å². The second kappa shape index (κ2) is 6.13. The smallest absolute Gasteiger partial charge is 0.146 e. The van der Waals surface area contributed by atoms with Crippen LogP contribution in [0, 0.1) is 17.7 Å². The highest BCUT2D eigenvalue weighted by atomic mass is 19.1. The average molecular weight is 278 g/mol. The summed E-state index contributed by atoms with van der Waals surface area (Å²) in [7, 11) is 1.99. The number of nitrogens with two attached hydrogens (primary N) is 1.